The summed E-state index contributed by atoms with van der Waals surface area (Å²) in [5, 5.41) is 5.51. The summed E-state index contributed by atoms with van der Waals surface area (Å²) in [6, 6.07) is 7.23. The Labute approximate surface area is 367 Å². The topological polar surface area (TPSA) is 221 Å². The van der Waals surface area contributed by atoms with Gasteiger partial charge in [-0.2, -0.15) is 8.78 Å². The SMILES string of the molecule is CC(=O)N1CC[C@H]2CC[C@@H](C(=O)Nc3ccc(S(C)(=O)=O)cc3)N2C(=O)[C@@H](NC(=O)c2cc3cc(C(F)(F)P(=O)(OCOC(=O)C(C)(C)C)OCOC(=O)C(C)(C)C)ccc3s2)C1. The molecule has 0 aliphatic carbocycles. The van der Waals surface area contributed by atoms with Gasteiger partial charge < -0.3 is 29.9 Å². The van der Waals surface area contributed by atoms with E-state index in [0.29, 0.717) is 23.2 Å². The number of nitrogens with zero attached hydrogens (tertiary/aromatic N) is 2. The summed E-state index contributed by atoms with van der Waals surface area (Å²) in [5.41, 5.74) is -7.12. The fraction of sp³-hybridized carbons (Fsp3) is 0.512. The Morgan fingerprint density at radius 1 is 0.873 bits per heavy atom. The van der Waals surface area contributed by atoms with Gasteiger partial charge in [0.05, 0.1) is 20.6 Å². The number of carbonyl (C=O) groups excluding carboxylic acids is 6. The second kappa shape index (κ2) is 18.7. The number of amides is 4. The first kappa shape index (κ1) is 49.2. The van der Waals surface area contributed by atoms with Gasteiger partial charge in [0.15, 0.2) is 9.84 Å². The van der Waals surface area contributed by atoms with Gasteiger partial charge in [-0.1, -0.05) is 6.07 Å². The summed E-state index contributed by atoms with van der Waals surface area (Å²) in [7, 11) is -9.12. The summed E-state index contributed by atoms with van der Waals surface area (Å²) < 4.78 is 90.4. The second-order valence-electron chi connectivity index (χ2n) is 17.3. The van der Waals surface area contributed by atoms with Crippen LogP contribution in [0.5, 0.6) is 0 Å². The zero-order chi connectivity index (χ0) is 46.9. The number of hydrogen-bond donors (Lipinski definition) is 2. The number of carbonyl (C=O) groups is 6. The fourth-order valence-corrected chi connectivity index (χ4v) is 9.51. The first-order valence-corrected chi connectivity index (χ1v) is 24.0. The number of benzene rings is 2. The lowest BCUT2D eigenvalue weighted by molar-refractivity contribution is -0.163. The molecule has 2 aliphatic rings. The number of anilines is 1. The highest BCUT2D eigenvalue weighted by Gasteiger charge is 2.56. The van der Waals surface area contributed by atoms with Crippen LogP contribution in [0.3, 0.4) is 0 Å². The smallest absolute Gasteiger partial charge is 0.410 e. The lowest BCUT2D eigenvalue weighted by Crippen LogP contribution is -2.60. The minimum Gasteiger partial charge on any atom is -0.438 e. The third-order valence-electron chi connectivity index (χ3n) is 10.3. The van der Waals surface area contributed by atoms with Gasteiger partial charge >= 0.3 is 25.2 Å². The number of esters is 2. The Hall–Kier alpha value is -4.82. The van der Waals surface area contributed by atoms with Crippen LogP contribution in [0.4, 0.5) is 14.5 Å². The van der Waals surface area contributed by atoms with E-state index in [4.69, 9.17) is 18.5 Å². The van der Waals surface area contributed by atoms with Crippen molar-refractivity contribution in [1.82, 2.24) is 15.1 Å². The van der Waals surface area contributed by atoms with E-state index >= 15 is 8.78 Å². The largest absolute Gasteiger partial charge is 0.438 e. The van der Waals surface area contributed by atoms with E-state index in [1.807, 2.05) is 0 Å². The number of alkyl halides is 2. The van der Waals surface area contributed by atoms with Crippen molar-refractivity contribution in [2.24, 2.45) is 10.8 Å². The average molecular weight is 941 g/mol. The molecule has 0 bridgehead atoms. The van der Waals surface area contributed by atoms with Crippen LogP contribution >= 0.6 is 18.9 Å². The van der Waals surface area contributed by atoms with E-state index in [0.717, 1.165) is 29.7 Å². The van der Waals surface area contributed by atoms with Crippen LogP contribution in [-0.2, 0) is 62.6 Å². The van der Waals surface area contributed by atoms with E-state index in [9.17, 15) is 41.8 Å². The van der Waals surface area contributed by atoms with E-state index in [1.54, 1.807) is 0 Å². The molecule has 1 aromatic heterocycles. The molecule has 3 heterocycles. The van der Waals surface area contributed by atoms with Crippen molar-refractivity contribution in [3.05, 3.63) is 59.0 Å². The Bertz CT molecular complexity index is 2400. The monoisotopic (exact) mass is 940 g/mol. The maximum absolute atomic E-state index is 16.3. The Morgan fingerprint density at radius 2 is 1.46 bits per heavy atom. The highest BCUT2D eigenvalue weighted by molar-refractivity contribution is 7.90. The van der Waals surface area contributed by atoms with Gasteiger partial charge in [-0.05, 0) is 109 Å². The van der Waals surface area contributed by atoms with Gasteiger partial charge in [0.1, 0.15) is 12.1 Å². The number of ether oxygens (including phenoxy) is 2. The van der Waals surface area contributed by atoms with Crippen molar-refractivity contribution in [3.63, 3.8) is 0 Å². The highest BCUT2D eigenvalue weighted by Crippen LogP contribution is 2.67. The third kappa shape index (κ3) is 11.5. The maximum Gasteiger partial charge on any atom is 0.410 e. The number of hydrogen-bond acceptors (Lipinski definition) is 14. The average Bonchev–Trinajstić information content (AvgIpc) is 3.81. The first-order chi connectivity index (χ1) is 29.1. The minimum atomic E-state index is -5.64. The molecule has 0 saturated carbocycles. The van der Waals surface area contributed by atoms with Crippen LogP contribution in [0.2, 0.25) is 0 Å². The first-order valence-electron chi connectivity index (χ1n) is 19.8. The zero-order valence-electron chi connectivity index (χ0n) is 36.0. The predicted molar refractivity (Wildman–Crippen MR) is 226 cm³/mol. The molecule has 4 amide bonds. The zero-order valence-corrected chi connectivity index (χ0v) is 38.5. The summed E-state index contributed by atoms with van der Waals surface area (Å²) in [4.78, 5) is 81.9. The van der Waals surface area contributed by atoms with Gasteiger partial charge in [-0.25, -0.2) is 8.42 Å². The van der Waals surface area contributed by atoms with Crippen LogP contribution < -0.4 is 10.6 Å². The molecular weight excluding hydrogens is 890 g/mol. The lowest BCUT2D eigenvalue weighted by Gasteiger charge is -2.38. The summed E-state index contributed by atoms with van der Waals surface area (Å²) in [5.74, 6) is -3.97. The van der Waals surface area contributed by atoms with Gasteiger partial charge in [-0.15, -0.1) is 11.3 Å². The van der Waals surface area contributed by atoms with E-state index in [-0.39, 0.29) is 40.6 Å². The van der Waals surface area contributed by atoms with Crippen LogP contribution in [0, 0.1) is 10.8 Å². The molecule has 0 spiro atoms. The maximum atomic E-state index is 16.3. The van der Waals surface area contributed by atoms with Gasteiger partial charge in [0.2, 0.25) is 31.3 Å². The van der Waals surface area contributed by atoms with Crippen LogP contribution in [0.25, 0.3) is 10.1 Å². The van der Waals surface area contributed by atoms with Crippen LogP contribution in [-0.4, -0.2) is 105 Å². The van der Waals surface area contributed by atoms with Crippen molar-refractivity contribution in [2.45, 2.75) is 96.4 Å². The Morgan fingerprint density at radius 3 is 2.00 bits per heavy atom. The standard InChI is InChI=1S/C41H51F2N4O13PS2/c1-24(48)46-18-17-28-12-15-31(34(49)44-27-10-13-29(14-11-27)63(8,55)56)47(28)36(51)30(21-46)45-35(50)33-20-25-19-26(9-16-32(25)62-33)41(42,43)61(54,59-22-57-37(52)39(2,3)4)60-23-58-38(53)40(5,6)7/h9-11,13-14,16,19-20,28,30-31H,12,15,17-18,21-23H2,1-8H3,(H,44,49)(H,45,50)/t28-,30+,31+/m1/s1. The molecule has 0 radical (unpaired) electrons. The number of rotatable bonds is 13. The third-order valence-corrected chi connectivity index (χ3v) is 14.4. The van der Waals surface area contributed by atoms with Crippen molar-refractivity contribution < 1.29 is 69.1 Å². The van der Waals surface area contributed by atoms with Gasteiger partial charge in [-0.3, -0.25) is 42.4 Å². The number of fused-ring (bicyclic) bond motifs is 2. The lowest BCUT2D eigenvalue weighted by atomic mass is 9.98. The molecule has 2 N–H and O–H groups in total. The number of sulfone groups is 1. The molecule has 344 valence electrons. The predicted octanol–water partition coefficient (Wildman–Crippen LogP) is 6.02. The molecule has 17 nitrogen and oxygen atoms in total. The number of thiophene rings is 1. The van der Waals surface area contributed by atoms with Gasteiger partial charge in [0, 0.05) is 48.3 Å². The summed E-state index contributed by atoms with van der Waals surface area (Å²) >= 11 is 0.895. The molecule has 3 aromatic rings. The summed E-state index contributed by atoms with van der Waals surface area (Å²) in [6.45, 7) is 7.97. The van der Waals surface area contributed by atoms with E-state index < -0.39 is 101 Å². The Kier molecular flexibility index (Phi) is 14.6. The molecular formula is C41H51F2N4O13PS2. The van der Waals surface area contributed by atoms with Crippen molar-refractivity contribution in [3.8, 4) is 0 Å². The number of nitrogens with one attached hydrogen (secondary N) is 2. The molecule has 5 rings (SSSR count). The van der Waals surface area contributed by atoms with Crippen LogP contribution in [0.1, 0.15) is 83.0 Å². The summed E-state index contributed by atoms with van der Waals surface area (Å²) in [6.07, 6.45) is 2.13. The molecule has 0 unspecified atom stereocenters. The molecule has 2 fully saturated rings. The van der Waals surface area contributed by atoms with Crippen molar-refractivity contribution in [2.75, 3.05) is 38.2 Å². The van der Waals surface area contributed by atoms with Crippen LogP contribution in [0.15, 0.2) is 53.4 Å². The minimum absolute atomic E-state index is 0.0154. The molecule has 2 aromatic carbocycles. The highest BCUT2D eigenvalue weighted by atomic mass is 32.2. The fourth-order valence-electron chi connectivity index (χ4n) is 6.70. The number of halogens is 2. The molecule has 2 saturated heterocycles. The van der Waals surface area contributed by atoms with Crippen molar-refractivity contribution >= 4 is 80.1 Å². The molecule has 22 heteroatoms. The normalized spacial score (nSPS) is 18.9. The molecule has 63 heavy (non-hydrogen) atoms. The second-order valence-corrected chi connectivity index (χ2v) is 22.5. The van der Waals surface area contributed by atoms with Crippen molar-refractivity contribution in [1.29, 1.82) is 0 Å². The molecule has 3 atom stereocenters. The van der Waals surface area contributed by atoms with Gasteiger partial charge in [0.25, 0.3) is 5.91 Å². The van der Waals surface area contributed by atoms with E-state index in [2.05, 4.69) is 10.6 Å². The Balaban J connectivity index is 1.38. The molecule has 2 aliphatic heterocycles. The van der Waals surface area contributed by atoms with E-state index in [1.165, 1.54) is 94.7 Å². The quantitative estimate of drug-likeness (QED) is 0.114.